The second-order valence-corrected chi connectivity index (χ2v) is 5.08. The summed E-state index contributed by atoms with van der Waals surface area (Å²) in [4.78, 5) is 8.39. The van der Waals surface area contributed by atoms with E-state index in [4.69, 9.17) is 4.74 Å². The number of ether oxygens (including phenoxy) is 1. The lowest BCUT2D eigenvalue weighted by Gasteiger charge is -2.12. The molecule has 1 aromatic heterocycles. The van der Waals surface area contributed by atoms with Crippen LogP contribution < -0.4 is 4.74 Å². The predicted octanol–water partition coefficient (Wildman–Crippen LogP) is 3.67. The number of rotatable bonds is 6. The van der Waals surface area contributed by atoms with Gasteiger partial charge in [-0.25, -0.2) is 0 Å². The summed E-state index contributed by atoms with van der Waals surface area (Å²) >= 11 is 0. The first kappa shape index (κ1) is 14.5. The molecule has 0 aliphatic rings. The highest BCUT2D eigenvalue weighted by molar-refractivity contribution is 5.43. The average molecular weight is 270 g/mol. The van der Waals surface area contributed by atoms with Gasteiger partial charge in [0.05, 0.1) is 12.8 Å². The van der Waals surface area contributed by atoms with Crippen LogP contribution in [0.5, 0.6) is 5.75 Å². The molecule has 2 aromatic rings. The molecule has 3 heteroatoms. The molecule has 0 saturated carbocycles. The van der Waals surface area contributed by atoms with Crippen molar-refractivity contribution in [3.63, 3.8) is 0 Å². The van der Waals surface area contributed by atoms with Crippen LogP contribution >= 0.6 is 0 Å². The molecular weight excluding hydrogens is 248 g/mol. The van der Waals surface area contributed by atoms with Gasteiger partial charge in [0.15, 0.2) is 0 Å². The first-order valence-corrected chi connectivity index (χ1v) is 7.10. The van der Waals surface area contributed by atoms with Gasteiger partial charge >= 0.3 is 0 Å². The smallest absolute Gasteiger partial charge is 0.122 e. The average Bonchev–Trinajstić information content (AvgIpc) is 2.49. The highest BCUT2D eigenvalue weighted by Gasteiger charge is 2.06. The Morgan fingerprint density at radius 2 is 1.80 bits per heavy atom. The highest BCUT2D eigenvalue weighted by Crippen LogP contribution is 2.25. The van der Waals surface area contributed by atoms with Crippen molar-refractivity contribution in [2.24, 2.45) is 0 Å². The van der Waals surface area contributed by atoms with Crippen molar-refractivity contribution < 1.29 is 4.74 Å². The Bertz CT molecular complexity index is 552. The number of aryl methyl sites for hydroxylation is 2. The SMILES string of the molecule is COc1ccc(CCCCc2cnccn2)c(C)c1C. The zero-order valence-corrected chi connectivity index (χ0v) is 12.5. The van der Waals surface area contributed by atoms with Crippen molar-refractivity contribution in [2.45, 2.75) is 39.5 Å². The van der Waals surface area contributed by atoms with Gasteiger partial charge in [-0.15, -0.1) is 0 Å². The van der Waals surface area contributed by atoms with Crippen LogP contribution in [0.4, 0.5) is 0 Å². The molecular formula is C17H22N2O. The van der Waals surface area contributed by atoms with E-state index in [1.807, 2.05) is 6.20 Å². The molecule has 2 rings (SSSR count). The fraction of sp³-hybridized carbons (Fsp3) is 0.412. The normalized spacial score (nSPS) is 10.6. The standard InChI is InChI=1S/C17H22N2O/c1-13-14(2)17(20-3)9-8-15(13)6-4-5-7-16-12-18-10-11-19-16/h8-12H,4-7H2,1-3H3. The lowest BCUT2D eigenvalue weighted by molar-refractivity contribution is 0.411. The fourth-order valence-electron chi connectivity index (χ4n) is 2.42. The van der Waals surface area contributed by atoms with Crippen molar-refractivity contribution in [3.05, 3.63) is 53.1 Å². The zero-order valence-electron chi connectivity index (χ0n) is 12.5. The summed E-state index contributed by atoms with van der Waals surface area (Å²) in [7, 11) is 1.72. The third-order valence-electron chi connectivity index (χ3n) is 3.82. The molecule has 1 heterocycles. The molecule has 0 unspecified atom stereocenters. The van der Waals surface area contributed by atoms with E-state index in [1.54, 1.807) is 19.5 Å². The highest BCUT2D eigenvalue weighted by atomic mass is 16.5. The lowest BCUT2D eigenvalue weighted by Crippen LogP contribution is -1.97. The number of methoxy groups -OCH3 is 1. The maximum absolute atomic E-state index is 5.35. The molecule has 0 bridgehead atoms. The molecule has 0 amide bonds. The second kappa shape index (κ2) is 7.04. The quantitative estimate of drug-likeness (QED) is 0.751. The van der Waals surface area contributed by atoms with Crippen LogP contribution in [0.1, 0.15) is 35.2 Å². The van der Waals surface area contributed by atoms with E-state index >= 15 is 0 Å². The maximum Gasteiger partial charge on any atom is 0.122 e. The zero-order chi connectivity index (χ0) is 14.4. The van der Waals surface area contributed by atoms with E-state index in [0.29, 0.717) is 0 Å². The number of hydrogen-bond acceptors (Lipinski definition) is 3. The predicted molar refractivity (Wildman–Crippen MR) is 81.1 cm³/mol. The van der Waals surface area contributed by atoms with Gasteiger partial charge in [-0.2, -0.15) is 0 Å². The van der Waals surface area contributed by atoms with Crippen LogP contribution in [0.2, 0.25) is 0 Å². The summed E-state index contributed by atoms with van der Waals surface area (Å²) in [5, 5.41) is 0. The van der Waals surface area contributed by atoms with Crippen molar-refractivity contribution in [2.75, 3.05) is 7.11 Å². The number of hydrogen-bond donors (Lipinski definition) is 0. The summed E-state index contributed by atoms with van der Waals surface area (Å²) < 4.78 is 5.35. The van der Waals surface area contributed by atoms with Gasteiger partial charge in [-0.3, -0.25) is 9.97 Å². The molecule has 106 valence electrons. The molecule has 3 nitrogen and oxygen atoms in total. The van der Waals surface area contributed by atoms with Gasteiger partial charge in [-0.1, -0.05) is 6.07 Å². The first-order chi connectivity index (χ1) is 9.72. The Kier molecular flexibility index (Phi) is 5.10. The minimum absolute atomic E-state index is 0.978. The monoisotopic (exact) mass is 270 g/mol. The van der Waals surface area contributed by atoms with Crippen LogP contribution in [0.25, 0.3) is 0 Å². The largest absolute Gasteiger partial charge is 0.496 e. The number of nitrogens with zero attached hydrogens (tertiary/aromatic N) is 2. The van der Waals surface area contributed by atoms with E-state index < -0.39 is 0 Å². The van der Waals surface area contributed by atoms with Crippen LogP contribution in [0.15, 0.2) is 30.7 Å². The Labute approximate surface area is 121 Å². The van der Waals surface area contributed by atoms with E-state index in [9.17, 15) is 0 Å². The Hall–Kier alpha value is -1.90. The molecule has 0 aliphatic carbocycles. The van der Waals surface area contributed by atoms with Gasteiger partial charge in [0, 0.05) is 18.6 Å². The minimum Gasteiger partial charge on any atom is -0.496 e. The van der Waals surface area contributed by atoms with Crippen molar-refractivity contribution in [1.29, 1.82) is 0 Å². The molecule has 0 fully saturated rings. The van der Waals surface area contributed by atoms with E-state index in [0.717, 1.165) is 30.7 Å². The van der Waals surface area contributed by atoms with Gasteiger partial charge in [0.2, 0.25) is 0 Å². The Morgan fingerprint density at radius 1 is 1.00 bits per heavy atom. The maximum atomic E-state index is 5.35. The molecule has 0 N–H and O–H groups in total. The number of unbranched alkanes of at least 4 members (excludes halogenated alkanes) is 1. The third-order valence-corrected chi connectivity index (χ3v) is 3.82. The summed E-state index contributed by atoms with van der Waals surface area (Å²) in [6.07, 6.45) is 9.74. The van der Waals surface area contributed by atoms with Crippen LogP contribution in [-0.4, -0.2) is 17.1 Å². The van der Waals surface area contributed by atoms with Crippen molar-refractivity contribution in [3.8, 4) is 5.75 Å². The minimum atomic E-state index is 0.978. The molecule has 0 aliphatic heterocycles. The van der Waals surface area contributed by atoms with Crippen LogP contribution in [0.3, 0.4) is 0 Å². The second-order valence-electron chi connectivity index (χ2n) is 5.08. The van der Waals surface area contributed by atoms with Gasteiger partial charge in [0.1, 0.15) is 5.75 Å². The summed E-state index contributed by atoms with van der Waals surface area (Å²) in [5.74, 6) is 0.978. The van der Waals surface area contributed by atoms with Crippen molar-refractivity contribution >= 4 is 0 Å². The lowest BCUT2D eigenvalue weighted by atomic mass is 9.97. The number of aromatic nitrogens is 2. The first-order valence-electron chi connectivity index (χ1n) is 7.10. The Balaban J connectivity index is 1.87. The topological polar surface area (TPSA) is 35.0 Å². The van der Waals surface area contributed by atoms with Gasteiger partial charge < -0.3 is 4.74 Å². The van der Waals surface area contributed by atoms with Crippen molar-refractivity contribution in [1.82, 2.24) is 9.97 Å². The molecule has 1 aromatic carbocycles. The number of benzene rings is 1. The van der Waals surface area contributed by atoms with Gasteiger partial charge in [-0.05, 0) is 62.3 Å². The molecule has 20 heavy (non-hydrogen) atoms. The third kappa shape index (κ3) is 3.56. The summed E-state index contributed by atoms with van der Waals surface area (Å²) in [6, 6.07) is 4.25. The molecule has 0 atom stereocenters. The molecule has 0 radical (unpaired) electrons. The summed E-state index contributed by atoms with van der Waals surface area (Å²) in [5.41, 5.74) is 5.10. The van der Waals surface area contributed by atoms with Crippen LogP contribution in [0, 0.1) is 13.8 Å². The fourth-order valence-corrected chi connectivity index (χ4v) is 2.42. The Morgan fingerprint density at radius 3 is 2.50 bits per heavy atom. The van der Waals surface area contributed by atoms with Gasteiger partial charge in [0.25, 0.3) is 0 Å². The molecule has 0 saturated heterocycles. The van der Waals surface area contributed by atoms with Crippen LogP contribution in [-0.2, 0) is 12.8 Å². The van der Waals surface area contributed by atoms with E-state index in [-0.39, 0.29) is 0 Å². The molecule has 0 spiro atoms. The van der Waals surface area contributed by atoms with E-state index in [2.05, 4.69) is 35.9 Å². The summed E-state index contributed by atoms with van der Waals surface area (Å²) in [6.45, 7) is 4.30. The van der Waals surface area contributed by atoms with E-state index in [1.165, 1.54) is 23.1 Å².